The minimum Gasteiger partial charge on any atom is -0.331 e. The number of urea groups is 1. The number of carbonyl (C=O) groups is 1. The molecule has 2 aliphatic heterocycles. The first-order valence-corrected chi connectivity index (χ1v) is 6.80. The number of rotatable bonds is 2. The molecule has 0 aliphatic carbocycles. The average molecular weight is 239 g/mol. The predicted molar refractivity (Wildman–Crippen MR) is 69.1 cm³/mol. The number of carbonyl (C=O) groups excluding carboxylic acids is 1. The Morgan fingerprint density at radius 2 is 2.06 bits per heavy atom. The molecule has 0 aromatic heterocycles. The van der Waals surface area contributed by atoms with Crippen molar-refractivity contribution in [3.63, 3.8) is 0 Å². The van der Waals surface area contributed by atoms with Crippen molar-refractivity contribution in [2.24, 2.45) is 0 Å². The summed E-state index contributed by atoms with van der Waals surface area (Å²) < 4.78 is 0. The molecule has 1 spiro atoms. The minimum absolute atomic E-state index is 0.172. The van der Waals surface area contributed by atoms with Crippen molar-refractivity contribution in [3.05, 3.63) is 0 Å². The maximum atomic E-state index is 12.0. The summed E-state index contributed by atoms with van der Waals surface area (Å²) >= 11 is 0. The molecule has 1 unspecified atom stereocenters. The van der Waals surface area contributed by atoms with Crippen LogP contribution in [0.15, 0.2) is 0 Å². The molecular formula is C13H25N3O. The van der Waals surface area contributed by atoms with E-state index in [0.29, 0.717) is 5.54 Å². The molecule has 2 heterocycles. The molecule has 2 saturated heterocycles. The van der Waals surface area contributed by atoms with Crippen molar-refractivity contribution in [2.75, 3.05) is 40.3 Å². The van der Waals surface area contributed by atoms with Gasteiger partial charge in [-0.1, -0.05) is 6.92 Å². The van der Waals surface area contributed by atoms with Gasteiger partial charge in [-0.15, -0.1) is 0 Å². The van der Waals surface area contributed by atoms with Crippen molar-refractivity contribution in [1.82, 2.24) is 14.7 Å². The molecule has 0 N–H and O–H groups in total. The van der Waals surface area contributed by atoms with Gasteiger partial charge in [0.1, 0.15) is 0 Å². The highest BCUT2D eigenvalue weighted by atomic mass is 16.2. The third kappa shape index (κ3) is 2.28. The van der Waals surface area contributed by atoms with Crippen molar-refractivity contribution in [1.29, 1.82) is 0 Å². The Morgan fingerprint density at radius 1 is 1.29 bits per heavy atom. The highest BCUT2D eigenvalue weighted by Gasteiger charge is 2.46. The second kappa shape index (κ2) is 4.84. The Kier molecular flexibility index (Phi) is 3.61. The summed E-state index contributed by atoms with van der Waals surface area (Å²) in [4.78, 5) is 18.3. The quantitative estimate of drug-likeness (QED) is 0.732. The van der Waals surface area contributed by atoms with Crippen LogP contribution < -0.4 is 0 Å². The lowest BCUT2D eigenvalue weighted by molar-refractivity contribution is 0.135. The van der Waals surface area contributed by atoms with E-state index < -0.39 is 0 Å². The van der Waals surface area contributed by atoms with Crippen molar-refractivity contribution < 1.29 is 4.79 Å². The highest BCUT2D eigenvalue weighted by Crippen LogP contribution is 2.37. The van der Waals surface area contributed by atoms with Crippen LogP contribution in [0.25, 0.3) is 0 Å². The monoisotopic (exact) mass is 239 g/mol. The van der Waals surface area contributed by atoms with Gasteiger partial charge in [-0.2, -0.15) is 0 Å². The van der Waals surface area contributed by atoms with Crippen LogP contribution in [0.1, 0.15) is 32.6 Å². The third-order valence-electron chi connectivity index (χ3n) is 4.22. The zero-order valence-corrected chi connectivity index (χ0v) is 11.4. The molecule has 2 amide bonds. The molecule has 2 rings (SSSR count). The minimum atomic E-state index is 0.172. The lowest BCUT2D eigenvalue weighted by atomic mass is 9.95. The summed E-state index contributed by atoms with van der Waals surface area (Å²) in [5.41, 5.74) is 0.307. The van der Waals surface area contributed by atoms with Gasteiger partial charge in [0.15, 0.2) is 0 Å². The Balaban J connectivity index is 2.02. The molecule has 2 fully saturated rings. The molecule has 0 radical (unpaired) electrons. The van der Waals surface area contributed by atoms with Crippen molar-refractivity contribution in [2.45, 2.75) is 38.1 Å². The summed E-state index contributed by atoms with van der Waals surface area (Å²) in [5.74, 6) is 0. The topological polar surface area (TPSA) is 26.8 Å². The largest absolute Gasteiger partial charge is 0.331 e. The van der Waals surface area contributed by atoms with Gasteiger partial charge in [-0.3, -0.25) is 4.90 Å². The van der Waals surface area contributed by atoms with E-state index in [4.69, 9.17) is 0 Å². The lowest BCUT2D eigenvalue weighted by Crippen LogP contribution is -2.48. The van der Waals surface area contributed by atoms with Crippen LogP contribution in [-0.2, 0) is 0 Å². The maximum Gasteiger partial charge on any atom is 0.319 e. The number of hydrogen-bond donors (Lipinski definition) is 0. The van der Waals surface area contributed by atoms with Crippen molar-refractivity contribution >= 4 is 6.03 Å². The SMILES string of the molecule is CCCN1CCCC12CCN(C(=O)N(C)C)C2. The third-order valence-corrected chi connectivity index (χ3v) is 4.22. The first-order valence-electron chi connectivity index (χ1n) is 6.80. The smallest absolute Gasteiger partial charge is 0.319 e. The van der Waals surface area contributed by atoms with Gasteiger partial charge in [0.2, 0.25) is 0 Å². The van der Waals surface area contributed by atoms with E-state index in [1.807, 2.05) is 19.0 Å². The molecule has 17 heavy (non-hydrogen) atoms. The van der Waals surface area contributed by atoms with Crippen LogP contribution in [-0.4, -0.2) is 66.5 Å². The van der Waals surface area contributed by atoms with E-state index >= 15 is 0 Å². The van der Waals surface area contributed by atoms with E-state index in [-0.39, 0.29) is 6.03 Å². The van der Waals surface area contributed by atoms with Crippen LogP contribution >= 0.6 is 0 Å². The lowest BCUT2D eigenvalue weighted by Gasteiger charge is -2.35. The summed E-state index contributed by atoms with van der Waals surface area (Å²) in [6.07, 6.45) is 4.93. The van der Waals surface area contributed by atoms with Crippen LogP contribution in [0.5, 0.6) is 0 Å². The highest BCUT2D eigenvalue weighted by molar-refractivity contribution is 5.74. The number of likely N-dealkylation sites (tertiary alicyclic amines) is 2. The standard InChI is InChI=1S/C13H25N3O/c1-4-8-16-9-5-6-13(16)7-10-15(11-13)12(17)14(2)3/h4-11H2,1-3H3. The first kappa shape index (κ1) is 12.7. The first-order chi connectivity index (χ1) is 8.09. The van der Waals surface area contributed by atoms with Gasteiger partial charge >= 0.3 is 6.03 Å². The van der Waals surface area contributed by atoms with Gasteiger partial charge in [0, 0.05) is 32.7 Å². The molecule has 1 atom stereocenters. The number of hydrogen-bond acceptors (Lipinski definition) is 2. The Bertz CT molecular complexity index is 292. The molecule has 0 aromatic rings. The van der Waals surface area contributed by atoms with Crippen LogP contribution in [0, 0.1) is 0 Å². The number of nitrogens with zero attached hydrogens (tertiary/aromatic N) is 3. The fourth-order valence-electron chi connectivity index (χ4n) is 3.38. The van der Waals surface area contributed by atoms with E-state index in [2.05, 4.69) is 11.8 Å². The van der Waals surface area contributed by atoms with Crippen molar-refractivity contribution in [3.8, 4) is 0 Å². The molecule has 4 nitrogen and oxygen atoms in total. The number of amides is 2. The fraction of sp³-hybridized carbons (Fsp3) is 0.923. The van der Waals surface area contributed by atoms with E-state index in [9.17, 15) is 4.79 Å². The van der Waals surface area contributed by atoms with E-state index in [0.717, 1.165) is 19.5 Å². The molecular weight excluding hydrogens is 214 g/mol. The Morgan fingerprint density at radius 3 is 2.71 bits per heavy atom. The summed E-state index contributed by atoms with van der Waals surface area (Å²) in [5, 5.41) is 0. The van der Waals surface area contributed by atoms with E-state index in [1.165, 1.54) is 32.4 Å². The zero-order valence-electron chi connectivity index (χ0n) is 11.4. The average Bonchev–Trinajstić information content (AvgIpc) is 2.88. The Labute approximate surface area is 105 Å². The van der Waals surface area contributed by atoms with Crippen LogP contribution in [0.4, 0.5) is 4.79 Å². The predicted octanol–water partition coefficient (Wildman–Crippen LogP) is 1.62. The molecule has 98 valence electrons. The van der Waals surface area contributed by atoms with Crippen LogP contribution in [0.2, 0.25) is 0 Å². The van der Waals surface area contributed by atoms with E-state index in [1.54, 1.807) is 4.90 Å². The normalized spacial score (nSPS) is 29.2. The molecule has 2 aliphatic rings. The van der Waals surface area contributed by atoms with Crippen LogP contribution in [0.3, 0.4) is 0 Å². The summed E-state index contributed by atoms with van der Waals surface area (Å²) in [6.45, 7) is 6.51. The van der Waals surface area contributed by atoms with Gasteiger partial charge in [-0.25, -0.2) is 4.79 Å². The summed E-state index contributed by atoms with van der Waals surface area (Å²) in [7, 11) is 3.68. The fourth-order valence-corrected chi connectivity index (χ4v) is 3.38. The zero-order chi connectivity index (χ0) is 12.5. The molecule has 0 bridgehead atoms. The molecule has 0 aromatic carbocycles. The van der Waals surface area contributed by atoms with Gasteiger partial charge in [-0.05, 0) is 38.8 Å². The van der Waals surface area contributed by atoms with Gasteiger partial charge < -0.3 is 9.80 Å². The Hall–Kier alpha value is -0.770. The second-order valence-corrected chi connectivity index (χ2v) is 5.66. The second-order valence-electron chi connectivity index (χ2n) is 5.66. The molecule has 4 heteroatoms. The van der Waals surface area contributed by atoms with Gasteiger partial charge in [0.05, 0.1) is 0 Å². The maximum absolute atomic E-state index is 12.0. The molecule has 0 saturated carbocycles. The summed E-state index contributed by atoms with van der Waals surface area (Å²) in [6, 6.07) is 0.172. The van der Waals surface area contributed by atoms with Gasteiger partial charge in [0.25, 0.3) is 0 Å².